The van der Waals surface area contributed by atoms with Crippen molar-refractivity contribution >= 4 is 17.7 Å². The van der Waals surface area contributed by atoms with Gasteiger partial charge in [-0.15, -0.1) is 0 Å². The van der Waals surface area contributed by atoms with Crippen molar-refractivity contribution < 1.29 is 14.7 Å². The maximum atomic E-state index is 12.8. The van der Waals surface area contributed by atoms with Crippen LogP contribution in [0.25, 0.3) is 0 Å². The van der Waals surface area contributed by atoms with Gasteiger partial charge < -0.3 is 15.3 Å². The molecule has 2 N–H and O–H groups in total. The summed E-state index contributed by atoms with van der Waals surface area (Å²) >= 11 is 0. The molecule has 0 atom stereocenters. The van der Waals surface area contributed by atoms with Crippen molar-refractivity contribution in [2.24, 2.45) is 0 Å². The molecular formula is C25H22N4O3. The Morgan fingerprint density at radius 1 is 0.938 bits per heavy atom. The minimum Gasteiger partial charge on any atom is -0.465 e. The fourth-order valence-corrected chi connectivity index (χ4v) is 3.78. The second-order valence-corrected chi connectivity index (χ2v) is 7.67. The van der Waals surface area contributed by atoms with Gasteiger partial charge in [-0.25, -0.2) is 4.79 Å². The smallest absolute Gasteiger partial charge is 0.407 e. The average molecular weight is 426 g/mol. The lowest BCUT2D eigenvalue weighted by atomic mass is 10.1. The Morgan fingerprint density at radius 3 is 2.28 bits per heavy atom. The third kappa shape index (κ3) is 4.71. The van der Waals surface area contributed by atoms with E-state index in [4.69, 9.17) is 5.26 Å². The molecule has 0 saturated carbocycles. The van der Waals surface area contributed by atoms with Crippen molar-refractivity contribution in [2.45, 2.75) is 26.2 Å². The average Bonchev–Trinajstić information content (AvgIpc) is 3.24. The molecule has 4 rings (SSSR count). The summed E-state index contributed by atoms with van der Waals surface area (Å²) in [6.45, 7) is 1.54. The highest BCUT2D eigenvalue weighted by atomic mass is 16.4. The number of fused-ring (bicyclic) bond motifs is 1. The van der Waals surface area contributed by atoms with Gasteiger partial charge in [0.25, 0.3) is 5.91 Å². The molecule has 7 nitrogen and oxygen atoms in total. The molecule has 1 aliphatic rings. The van der Waals surface area contributed by atoms with Crippen LogP contribution in [0.4, 0.5) is 10.5 Å². The summed E-state index contributed by atoms with van der Waals surface area (Å²) in [7, 11) is 0. The second kappa shape index (κ2) is 9.23. The number of nitrogens with one attached hydrogen (secondary N) is 1. The van der Waals surface area contributed by atoms with Crippen LogP contribution in [0.3, 0.4) is 0 Å². The first-order chi connectivity index (χ1) is 15.5. The number of hydrogen-bond donors (Lipinski definition) is 2. The number of carboxylic acid groups (broad SMARTS) is 1. The molecule has 160 valence electrons. The molecule has 3 aromatic carbocycles. The molecule has 2 amide bonds. The van der Waals surface area contributed by atoms with Crippen molar-refractivity contribution in [3.8, 4) is 6.19 Å². The number of anilines is 1. The van der Waals surface area contributed by atoms with Crippen LogP contribution in [0.15, 0.2) is 72.8 Å². The Hall–Kier alpha value is -4.31. The van der Waals surface area contributed by atoms with Crippen LogP contribution >= 0.6 is 0 Å². The predicted molar refractivity (Wildman–Crippen MR) is 119 cm³/mol. The van der Waals surface area contributed by atoms with Crippen molar-refractivity contribution in [3.63, 3.8) is 0 Å². The SMILES string of the molecule is N#CN1Cc2cccc(NC(=O)c3ccc(CN(Cc4ccccc4)C(=O)O)cc3)c2C1. The summed E-state index contributed by atoms with van der Waals surface area (Å²) in [4.78, 5) is 27.4. The fraction of sp³-hybridized carbons (Fsp3) is 0.160. The molecule has 0 unspecified atom stereocenters. The van der Waals surface area contributed by atoms with Gasteiger partial charge in [0, 0.05) is 29.9 Å². The van der Waals surface area contributed by atoms with Crippen molar-refractivity contribution in [3.05, 3.63) is 101 Å². The monoisotopic (exact) mass is 426 g/mol. The highest BCUT2D eigenvalue weighted by Crippen LogP contribution is 2.29. The second-order valence-electron chi connectivity index (χ2n) is 7.67. The van der Waals surface area contributed by atoms with Gasteiger partial charge >= 0.3 is 6.09 Å². The van der Waals surface area contributed by atoms with Gasteiger partial charge in [0.2, 0.25) is 0 Å². The van der Waals surface area contributed by atoms with Crippen molar-refractivity contribution in [1.29, 1.82) is 5.26 Å². The summed E-state index contributed by atoms with van der Waals surface area (Å²) in [6, 6.07) is 22.0. The van der Waals surface area contributed by atoms with Crippen LogP contribution in [0, 0.1) is 11.5 Å². The molecule has 0 radical (unpaired) electrons. The number of carbonyl (C=O) groups is 2. The molecule has 0 fully saturated rings. The molecule has 0 saturated heterocycles. The van der Waals surface area contributed by atoms with E-state index in [1.165, 1.54) is 4.90 Å². The van der Waals surface area contributed by atoms with Gasteiger partial charge in [0.05, 0.1) is 13.1 Å². The van der Waals surface area contributed by atoms with Gasteiger partial charge in [-0.3, -0.25) is 9.69 Å². The van der Waals surface area contributed by atoms with Crippen molar-refractivity contribution in [1.82, 2.24) is 9.80 Å². The lowest BCUT2D eigenvalue weighted by molar-refractivity contribution is 0.102. The molecule has 0 aliphatic carbocycles. The molecule has 0 bridgehead atoms. The van der Waals surface area contributed by atoms with Gasteiger partial charge in [-0.2, -0.15) is 5.26 Å². The van der Waals surface area contributed by atoms with Crippen LogP contribution < -0.4 is 5.32 Å². The molecule has 0 spiro atoms. The van der Waals surface area contributed by atoms with Gasteiger partial charge in [0.1, 0.15) is 0 Å². The predicted octanol–water partition coefficient (Wildman–Crippen LogP) is 4.42. The minimum absolute atomic E-state index is 0.225. The van der Waals surface area contributed by atoms with E-state index in [1.807, 2.05) is 48.5 Å². The lowest BCUT2D eigenvalue weighted by Crippen LogP contribution is -2.28. The maximum absolute atomic E-state index is 12.8. The Balaban J connectivity index is 1.43. The van der Waals surface area contributed by atoms with Crippen LogP contribution in [0.1, 0.15) is 32.6 Å². The Bertz CT molecular complexity index is 1170. The summed E-state index contributed by atoms with van der Waals surface area (Å²) in [5, 5.41) is 21.6. The van der Waals surface area contributed by atoms with E-state index in [1.54, 1.807) is 29.2 Å². The number of hydrogen-bond acceptors (Lipinski definition) is 4. The topological polar surface area (TPSA) is 96.7 Å². The molecule has 1 aliphatic heterocycles. The first-order valence-corrected chi connectivity index (χ1v) is 10.2. The number of carbonyl (C=O) groups excluding carboxylic acids is 1. The summed E-state index contributed by atoms with van der Waals surface area (Å²) in [5.41, 5.74) is 4.88. The number of nitriles is 1. The van der Waals surface area contributed by atoms with E-state index in [2.05, 4.69) is 11.5 Å². The highest BCUT2D eigenvalue weighted by Gasteiger charge is 2.21. The number of amides is 2. The normalized spacial score (nSPS) is 12.0. The minimum atomic E-state index is -1.000. The molecular weight excluding hydrogens is 404 g/mol. The van der Waals surface area contributed by atoms with Gasteiger partial charge in [-0.1, -0.05) is 54.6 Å². The fourth-order valence-electron chi connectivity index (χ4n) is 3.78. The molecule has 0 aromatic heterocycles. The van der Waals surface area contributed by atoms with E-state index in [0.717, 1.165) is 22.3 Å². The molecule has 7 heteroatoms. The van der Waals surface area contributed by atoms with E-state index in [9.17, 15) is 14.7 Å². The third-order valence-corrected chi connectivity index (χ3v) is 5.45. The van der Waals surface area contributed by atoms with Gasteiger partial charge in [0.15, 0.2) is 6.19 Å². The first-order valence-electron chi connectivity index (χ1n) is 10.2. The Labute approximate surface area is 186 Å². The van der Waals surface area contributed by atoms with Crippen LogP contribution in [0.2, 0.25) is 0 Å². The number of rotatable bonds is 6. The van der Waals surface area contributed by atoms with E-state index in [0.29, 0.717) is 24.3 Å². The van der Waals surface area contributed by atoms with Crippen LogP contribution in [0.5, 0.6) is 0 Å². The zero-order valence-electron chi connectivity index (χ0n) is 17.4. The van der Waals surface area contributed by atoms with Crippen LogP contribution in [-0.2, 0) is 26.2 Å². The summed E-state index contributed by atoms with van der Waals surface area (Å²) in [6.07, 6.45) is 1.14. The molecule has 3 aromatic rings. The Kier molecular flexibility index (Phi) is 6.04. The van der Waals surface area contributed by atoms with E-state index < -0.39 is 6.09 Å². The summed E-state index contributed by atoms with van der Waals surface area (Å²) < 4.78 is 0. The summed E-state index contributed by atoms with van der Waals surface area (Å²) in [5.74, 6) is -0.250. The largest absolute Gasteiger partial charge is 0.465 e. The van der Waals surface area contributed by atoms with E-state index in [-0.39, 0.29) is 19.0 Å². The third-order valence-electron chi connectivity index (χ3n) is 5.45. The Morgan fingerprint density at radius 2 is 1.62 bits per heavy atom. The molecule has 32 heavy (non-hydrogen) atoms. The standard InChI is InChI=1S/C25H22N4O3/c26-17-28-15-21-7-4-8-23(22(21)16-28)27-24(30)20-11-9-19(10-12-20)14-29(25(31)32)13-18-5-2-1-3-6-18/h1-12H,13-16H2,(H,27,30)(H,31,32). The maximum Gasteiger partial charge on any atom is 0.407 e. The first kappa shape index (κ1) is 20.9. The van der Waals surface area contributed by atoms with Crippen molar-refractivity contribution in [2.75, 3.05) is 5.32 Å². The van der Waals surface area contributed by atoms with E-state index >= 15 is 0 Å². The lowest BCUT2D eigenvalue weighted by Gasteiger charge is -2.19. The zero-order chi connectivity index (χ0) is 22.5. The quantitative estimate of drug-likeness (QED) is 0.569. The zero-order valence-corrected chi connectivity index (χ0v) is 17.4. The number of nitrogens with zero attached hydrogens (tertiary/aromatic N) is 3. The van der Waals surface area contributed by atoms with Crippen LogP contribution in [-0.4, -0.2) is 26.9 Å². The molecule has 1 heterocycles. The number of benzene rings is 3. The van der Waals surface area contributed by atoms with Gasteiger partial charge in [-0.05, 0) is 34.9 Å². The highest BCUT2D eigenvalue weighted by molar-refractivity contribution is 6.04.